The predicted molar refractivity (Wildman–Crippen MR) is 73.8 cm³/mol. The first-order valence-corrected chi connectivity index (χ1v) is 6.20. The average Bonchev–Trinajstić information content (AvgIpc) is 2.28. The lowest BCUT2D eigenvalue weighted by Gasteiger charge is -2.20. The fourth-order valence-electron chi connectivity index (χ4n) is 1.54. The summed E-state index contributed by atoms with van der Waals surface area (Å²) in [6.45, 7) is 4.60. The van der Waals surface area contributed by atoms with Gasteiger partial charge in [0.15, 0.2) is 0 Å². The number of halogens is 1. The number of allylic oxidation sites excluding steroid dienone is 1. The number of nitrogens with zero attached hydrogens (tertiary/aromatic N) is 1. The third kappa shape index (κ3) is 3.89. The standard InChI is InChI=1S/C13H16BrNO2/c1-3-4-5-8-15(2)12-7-6-10(13(16)17)9-11(12)14/h3,6-7,9H,1,4-5,8H2,2H3,(H,16,17). The van der Waals surface area contributed by atoms with E-state index in [0.29, 0.717) is 5.56 Å². The molecule has 0 aromatic heterocycles. The molecule has 0 aliphatic carbocycles. The van der Waals surface area contributed by atoms with Gasteiger partial charge in [0.2, 0.25) is 0 Å². The zero-order chi connectivity index (χ0) is 12.8. The molecule has 17 heavy (non-hydrogen) atoms. The largest absolute Gasteiger partial charge is 0.478 e. The second-order valence-corrected chi connectivity index (χ2v) is 4.68. The number of unbranched alkanes of at least 4 members (excludes halogenated alkanes) is 1. The van der Waals surface area contributed by atoms with Gasteiger partial charge in [-0.05, 0) is 47.0 Å². The zero-order valence-electron chi connectivity index (χ0n) is 9.82. The van der Waals surface area contributed by atoms with Crippen LogP contribution in [0.2, 0.25) is 0 Å². The molecule has 92 valence electrons. The minimum Gasteiger partial charge on any atom is -0.478 e. The molecule has 1 rings (SSSR count). The lowest BCUT2D eigenvalue weighted by atomic mass is 10.2. The SMILES string of the molecule is C=CCCCN(C)c1ccc(C(=O)O)cc1Br. The van der Waals surface area contributed by atoms with E-state index in [1.165, 1.54) is 0 Å². The van der Waals surface area contributed by atoms with Gasteiger partial charge >= 0.3 is 5.97 Å². The highest BCUT2D eigenvalue weighted by Gasteiger charge is 2.09. The molecule has 0 bridgehead atoms. The number of carboxylic acid groups (broad SMARTS) is 1. The molecule has 0 unspecified atom stereocenters. The number of benzene rings is 1. The van der Waals surface area contributed by atoms with Crippen LogP contribution in [0.15, 0.2) is 35.3 Å². The Morgan fingerprint density at radius 2 is 2.29 bits per heavy atom. The number of carboxylic acids is 1. The third-order valence-electron chi connectivity index (χ3n) is 2.51. The molecule has 1 N–H and O–H groups in total. The molecule has 0 radical (unpaired) electrons. The van der Waals surface area contributed by atoms with Gasteiger partial charge in [-0.1, -0.05) is 6.08 Å². The summed E-state index contributed by atoms with van der Waals surface area (Å²) in [7, 11) is 1.99. The van der Waals surface area contributed by atoms with E-state index in [0.717, 1.165) is 29.5 Å². The molecule has 0 saturated heterocycles. The molecule has 4 heteroatoms. The Hall–Kier alpha value is -1.29. The summed E-state index contributed by atoms with van der Waals surface area (Å²) in [5.41, 5.74) is 1.29. The molecule has 0 fully saturated rings. The second kappa shape index (κ2) is 6.45. The Labute approximate surface area is 110 Å². The van der Waals surface area contributed by atoms with Crippen molar-refractivity contribution in [2.24, 2.45) is 0 Å². The fraction of sp³-hybridized carbons (Fsp3) is 0.308. The van der Waals surface area contributed by atoms with Crippen molar-refractivity contribution < 1.29 is 9.90 Å². The minimum absolute atomic E-state index is 0.292. The van der Waals surface area contributed by atoms with Crippen LogP contribution in [0.5, 0.6) is 0 Å². The summed E-state index contributed by atoms with van der Waals surface area (Å²) in [6.07, 6.45) is 3.92. The van der Waals surface area contributed by atoms with Crippen LogP contribution in [0.4, 0.5) is 5.69 Å². The van der Waals surface area contributed by atoms with Crippen molar-refractivity contribution in [1.29, 1.82) is 0 Å². The molecule has 0 saturated carbocycles. The molecular weight excluding hydrogens is 282 g/mol. The number of hydrogen-bond donors (Lipinski definition) is 1. The van der Waals surface area contributed by atoms with Gasteiger partial charge in [-0.25, -0.2) is 4.79 Å². The quantitative estimate of drug-likeness (QED) is 0.645. The second-order valence-electron chi connectivity index (χ2n) is 3.82. The Kier molecular flexibility index (Phi) is 5.22. The lowest BCUT2D eigenvalue weighted by Crippen LogP contribution is -2.18. The van der Waals surface area contributed by atoms with E-state index in [4.69, 9.17) is 5.11 Å². The van der Waals surface area contributed by atoms with Crippen LogP contribution in [0.25, 0.3) is 0 Å². The van der Waals surface area contributed by atoms with Crippen molar-refractivity contribution in [2.45, 2.75) is 12.8 Å². The predicted octanol–water partition coefficient (Wildman–Crippen LogP) is 3.55. The molecule has 0 amide bonds. The van der Waals surface area contributed by atoms with Gasteiger partial charge in [0.25, 0.3) is 0 Å². The maximum absolute atomic E-state index is 10.8. The highest BCUT2D eigenvalue weighted by Crippen LogP contribution is 2.26. The number of hydrogen-bond acceptors (Lipinski definition) is 2. The van der Waals surface area contributed by atoms with Crippen molar-refractivity contribution in [3.63, 3.8) is 0 Å². The average molecular weight is 298 g/mol. The summed E-state index contributed by atoms with van der Waals surface area (Å²) in [6, 6.07) is 5.07. The Balaban J connectivity index is 2.77. The summed E-state index contributed by atoms with van der Waals surface area (Å²) < 4.78 is 0.804. The first-order chi connectivity index (χ1) is 8.06. The van der Waals surface area contributed by atoms with Crippen LogP contribution >= 0.6 is 15.9 Å². The lowest BCUT2D eigenvalue weighted by molar-refractivity contribution is 0.0697. The van der Waals surface area contributed by atoms with Crippen molar-refractivity contribution in [1.82, 2.24) is 0 Å². The molecule has 0 aliphatic rings. The Bertz CT molecular complexity index is 418. The molecule has 0 heterocycles. The highest BCUT2D eigenvalue weighted by atomic mass is 79.9. The molecule has 3 nitrogen and oxygen atoms in total. The Morgan fingerprint density at radius 3 is 2.82 bits per heavy atom. The summed E-state index contributed by atoms with van der Waals surface area (Å²) >= 11 is 3.40. The number of anilines is 1. The molecule has 0 aliphatic heterocycles. The first-order valence-electron chi connectivity index (χ1n) is 5.41. The van der Waals surface area contributed by atoms with Gasteiger partial charge < -0.3 is 10.0 Å². The van der Waals surface area contributed by atoms with E-state index >= 15 is 0 Å². The van der Waals surface area contributed by atoms with Gasteiger partial charge in [-0.15, -0.1) is 6.58 Å². The van der Waals surface area contributed by atoms with Crippen LogP contribution < -0.4 is 4.90 Å². The van der Waals surface area contributed by atoms with Crippen LogP contribution in [-0.2, 0) is 0 Å². The smallest absolute Gasteiger partial charge is 0.335 e. The minimum atomic E-state index is -0.911. The fourth-order valence-corrected chi connectivity index (χ4v) is 2.22. The normalized spacial score (nSPS) is 10.0. The molecule has 1 aromatic carbocycles. The molecule has 0 atom stereocenters. The van der Waals surface area contributed by atoms with E-state index in [1.54, 1.807) is 12.1 Å². The van der Waals surface area contributed by atoms with Gasteiger partial charge in [0.1, 0.15) is 0 Å². The van der Waals surface area contributed by atoms with Crippen molar-refractivity contribution >= 4 is 27.6 Å². The van der Waals surface area contributed by atoms with E-state index in [2.05, 4.69) is 27.4 Å². The summed E-state index contributed by atoms with van der Waals surface area (Å²) in [5, 5.41) is 8.87. The monoisotopic (exact) mass is 297 g/mol. The van der Waals surface area contributed by atoms with E-state index < -0.39 is 5.97 Å². The topological polar surface area (TPSA) is 40.5 Å². The van der Waals surface area contributed by atoms with Crippen molar-refractivity contribution in [2.75, 3.05) is 18.5 Å². The maximum Gasteiger partial charge on any atom is 0.335 e. The summed E-state index contributed by atoms with van der Waals surface area (Å²) in [4.78, 5) is 12.9. The first kappa shape index (κ1) is 13.8. The van der Waals surface area contributed by atoms with Gasteiger partial charge in [0.05, 0.1) is 11.3 Å². The Morgan fingerprint density at radius 1 is 1.59 bits per heavy atom. The van der Waals surface area contributed by atoms with Crippen LogP contribution in [0.1, 0.15) is 23.2 Å². The maximum atomic E-state index is 10.8. The van der Waals surface area contributed by atoms with Crippen molar-refractivity contribution in [3.05, 3.63) is 40.9 Å². The van der Waals surface area contributed by atoms with Crippen molar-refractivity contribution in [3.8, 4) is 0 Å². The van der Waals surface area contributed by atoms with Crippen LogP contribution in [0, 0.1) is 0 Å². The van der Waals surface area contributed by atoms with Crippen LogP contribution in [0.3, 0.4) is 0 Å². The highest BCUT2D eigenvalue weighted by molar-refractivity contribution is 9.10. The van der Waals surface area contributed by atoms with Gasteiger partial charge in [-0.3, -0.25) is 0 Å². The van der Waals surface area contributed by atoms with Gasteiger partial charge in [0, 0.05) is 18.1 Å². The van der Waals surface area contributed by atoms with E-state index in [1.807, 2.05) is 19.2 Å². The van der Waals surface area contributed by atoms with Gasteiger partial charge in [-0.2, -0.15) is 0 Å². The third-order valence-corrected chi connectivity index (χ3v) is 3.14. The van der Waals surface area contributed by atoms with E-state index in [9.17, 15) is 4.79 Å². The molecule has 1 aromatic rings. The number of carbonyl (C=O) groups is 1. The zero-order valence-corrected chi connectivity index (χ0v) is 11.4. The molecule has 0 spiro atoms. The number of rotatable bonds is 6. The summed E-state index contributed by atoms with van der Waals surface area (Å²) in [5.74, 6) is -0.911. The number of aromatic carboxylic acids is 1. The van der Waals surface area contributed by atoms with E-state index in [-0.39, 0.29) is 0 Å². The van der Waals surface area contributed by atoms with Crippen LogP contribution in [-0.4, -0.2) is 24.7 Å². The molecular formula is C13H16BrNO2.